The fraction of sp³-hybridized carbons (Fsp3) is 0.500. The van der Waals surface area contributed by atoms with Crippen LogP contribution in [0.1, 0.15) is 18.4 Å². The van der Waals surface area contributed by atoms with E-state index in [-0.39, 0.29) is 11.9 Å². The van der Waals surface area contributed by atoms with Gasteiger partial charge < -0.3 is 15.6 Å². The molecule has 19 heavy (non-hydrogen) atoms. The lowest BCUT2D eigenvalue weighted by Gasteiger charge is -2.29. The van der Waals surface area contributed by atoms with Crippen molar-refractivity contribution in [3.8, 4) is 5.75 Å². The molecule has 5 heteroatoms. The van der Waals surface area contributed by atoms with Crippen molar-refractivity contribution in [1.82, 2.24) is 4.90 Å². The van der Waals surface area contributed by atoms with Gasteiger partial charge in [-0.25, -0.2) is 0 Å². The number of nitrogens with zero attached hydrogens (tertiary/aromatic N) is 1. The molecule has 0 radical (unpaired) electrons. The van der Waals surface area contributed by atoms with E-state index in [9.17, 15) is 5.11 Å². The number of hydrogen-bond donors (Lipinski definition) is 3. The van der Waals surface area contributed by atoms with Crippen LogP contribution in [0, 0.1) is 5.41 Å². The number of benzene rings is 1. The van der Waals surface area contributed by atoms with E-state index in [0.29, 0.717) is 12.2 Å². The summed E-state index contributed by atoms with van der Waals surface area (Å²) in [4.78, 5) is 2.22. The van der Waals surface area contributed by atoms with E-state index in [4.69, 9.17) is 15.9 Å². The van der Waals surface area contributed by atoms with E-state index in [2.05, 4.69) is 4.90 Å². The van der Waals surface area contributed by atoms with Gasteiger partial charge in [0.25, 0.3) is 0 Å². The molecule has 2 rings (SSSR count). The number of nitrogens with two attached hydrogens (primary N) is 1. The summed E-state index contributed by atoms with van der Waals surface area (Å²) in [6, 6.07) is 7.20. The minimum absolute atomic E-state index is 0.0638. The zero-order chi connectivity index (χ0) is 13.7. The van der Waals surface area contributed by atoms with Crippen LogP contribution in [-0.4, -0.2) is 48.2 Å². The van der Waals surface area contributed by atoms with Gasteiger partial charge in [0.1, 0.15) is 18.2 Å². The third kappa shape index (κ3) is 4.22. The van der Waals surface area contributed by atoms with Crippen molar-refractivity contribution in [2.75, 3.05) is 26.2 Å². The number of piperidine rings is 1. The molecular formula is C14H21N3O2. The van der Waals surface area contributed by atoms with Gasteiger partial charge in [-0.3, -0.25) is 10.3 Å². The van der Waals surface area contributed by atoms with Crippen LogP contribution in [0.15, 0.2) is 24.3 Å². The molecule has 1 fully saturated rings. The number of β-amino-alcohol motifs (C(OH)–C–C–N with tert-alkyl or cyclic N) is 1. The second kappa shape index (κ2) is 6.54. The van der Waals surface area contributed by atoms with E-state index in [0.717, 1.165) is 38.2 Å². The number of aliphatic hydroxyl groups excluding tert-OH is 1. The maximum Gasteiger partial charge on any atom is 0.122 e. The van der Waals surface area contributed by atoms with Gasteiger partial charge in [-0.15, -0.1) is 0 Å². The van der Waals surface area contributed by atoms with Crippen LogP contribution in [0.3, 0.4) is 0 Å². The van der Waals surface area contributed by atoms with Crippen LogP contribution in [0.5, 0.6) is 5.75 Å². The lowest BCUT2D eigenvalue weighted by molar-refractivity contribution is 0.0633. The molecule has 1 aliphatic heterocycles. The summed E-state index contributed by atoms with van der Waals surface area (Å²) in [7, 11) is 0. The fourth-order valence-electron chi connectivity index (χ4n) is 2.26. The molecule has 1 aromatic carbocycles. The fourth-order valence-corrected chi connectivity index (χ4v) is 2.26. The van der Waals surface area contributed by atoms with E-state index < -0.39 is 0 Å². The largest absolute Gasteiger partial charge is 0.492 e. The van der Waals surface area contributed by atoms with Gasteiger partial charge in [-0.2, -0.15) is 0 Å². The summed E-state index contributed by atoms with van der Waals surface area (Å²) in [5.41, 5.74) is 6.09. The second-order valence-corrected chi connectivity index (χ2v) is 4.88. The first kappa shape index (κ1) is 13.8. The SMILES string of the molecule is N=C(N)c1ccc(OCCN2CCCC(O)C2)cc1. The molecule has 1 aliphatic rings. The Labute approximate surface area is 113 Å². The molecule has 0 bridgehead atoms. The molecule has 1 heterocycles. The van der Waals surface area contributed by atoms with Crippen molar-refractivity contribution in [3.63, 3.8) is 0 Å². The van der Waals surface area contributed by atoms with Crippen LogP contribution in [0.4, 0.5) is 0 Å². The molecule has 1 saturated heterocycles. The van der Waals surface area contributed by atoms with E-state index in [1.165, 1.54) is 0 Å². The minimum Gasteiger partial charge on any atom is -0.492 e. The maximum atomic E-state index is 9.56. The average Bonchev–Trinajstić information content (AvgIpc) is 2.39. The summed E-state index contributed by atoms with van der Waals surface area (Å²) < 4.78 is 5.64. The first-order valence-electron chi connectivity index (χ1n) is 6.63. The summed E-state index contributed by atoms with van der Waals surface area (Å²) >= 11 is 0. The highest BCUT2D eigenvalue weighted by molar-refractivity contribution is 5.94. The Morgan fingerprint density at radius 2 is 2.16 bits per heavy atom. The first-order chi connectivity index (χ1) is 9.15. The molecule has 0 aliphatic carbocycles. The molecule has 4 N–H and O–H groups in total. The summed E-state index contributed by atoms with van der Waals surface area (Å²) in [5, 5.41) is 16.9. The summed E-state index contributed by atoms with van der Waals surface area (Å²) in [6.07, 6.45) is 1.77. The third-order valence-corrected chi connectivity index (χ3v) is 3.32. The van der Waals surface area contributed by atoms with Gasteiger partial charge in [0, 0.05) is 18.7 Å². The van der Waals surface area contributed by atoms with Crippen molar-refractivity contribution in [1.29, 1.82) is 5.41 Å². The highest BCUT2D eigenvalue weighted by atomic mass is 16.5. The zero-order valence-corrected chi connectivity index (χ0v) is 11.0. The molecular weight excluding hydrogens is 242 g/mol. The predicted octanol–water partition coefficient (Wildman–Crippen LogP) is 0.806. The number of nitrogen functional groups attached to an aromatic ring is 1. The average molecular weight is 263 g/mol. The number of hydrogen-bond acceptors (Lipinski definition) is 4. The maximum absolute atomic E-state index is 9.56. The van der Waals surface area contributed by atoms with Crippen LogP contribution in [0.2, 0.25) is 0 Å². The van der Waals surface area contributed by atoms with Crippen LogP contribution < -0.4 is 10.5 Å². The molecule has 0 saturated carbocycles. The van der Waals surface area contributed by atoms with Crippen molar-refractivity contribution in [3.05, 3.63) is 29.8 Å². The van der Waals surface area contributed by atoms with Crippen molar-refractivity contribution in [2.45, 2.75) is 18.9 Å². The summed E-state index contributed by atoms with van der Waals surface area (Å²) in [5.74, 6) is 0.844. The standard InChI is InChI=1S/C14H21N3O2/c15-14(16)11-3-5-13(6-4-11)19-9-8-17-7-1-2-12(18)10-17/h3-6,12,18H,1-2,7-10H2,(H3,15,16). The lowest BCUT2D eigenvalue weighted by atomic mass is 10.1. The van der Waals surface area contributed by atoms with Gasteiger partial charge in [0.2, 0.25) is 0 Å². The Balaban J connectivity index is 1.74. The number of nitrogens with one attached hydrogen (secondary N) is 1. The Morgan fingerprint density at radius 3 is 2.79 bits per heavy atom. The highest BCUT2D eigenvalue weighted by Gasteiger charge is 2.16. The van der Waals surface area contributed by atoms with Gasteiger partial charge in [0.15, 0.2) is 0 Å². The number of likely N-dealkylation sites (tertiary alicyclic amines) is 1. The first-order valence-corrected chi connectivity index (χ1v) is 6.63. The van der Waals surface area contributed by atoms with Crippen molar-refractivity contribution in [2.24, 2.45) is 5.73 Å². The minimum atomic E-state index is -0.191. The molecule has 1 aromatic rings. The molecule has 0 amide bonds. The molecule has 1 atom stereocenters. The van der Waals surface area contributed by atoms with Gasteiger partial charge >= 0.3 is 0 Å². The van der Waals surface area contributed by atoms with Gasteiger partial charge in [-0.05, 0) is 43.7 Å². The van der Waals surface area contributed by atoms with E-state index in [1.807, 2.05) is 12.1 Å². The highest BCUT2D eigenvalue weighted by Crippen LogP contribution is 2.13. The zero-order valence-electron chi connectivity index (χ0n) is 11.0. The Morgan fingerprint density at radius 1 is 1.42 bits per heavy atom. The molecule has 0 spiro atoms. The number of rotatable bonds is 5. The number of amidine groups is 1. The number of ether oxygens (including phenoxy) is 1. The van der Waals surface area contributed by atoms with Crippen molar-refractivity contribution < 1.29 is 9.84 Å². The molecule has 5 nitrogen and oxygen atoms in total. The molecule has 0 aromatic heterocycles. The van der Waals surface area contributed by atoms with E-state index >= 15 is 0 Å². The Bertz CT molecular complexity index is 419. The van der Waals surface area contributed by atoms with Gasteiger partial charge in [0.05, 0.1) is 6.10 Å². The third-order valence-electron chi connectivity index (χ3n) is 3.32. The number of aliphatic hydroxyl groups is 1. The van der Waals surface area contributed by atoms with Crippen LogP contribution in [0.25, 0.3) is 0 Å². The van der Waals surface area contributed by atoms with Crippen LogP contribution in [-0.2, 0) is 0 Å². The predicted molar refractivity (Wildman–Crippen MR) is 74.6 cm³/mol. The Kier molecular flexibility index (Phi) is 4.76. The van der Waals surface area contributed by atoms with Crippen LogP contribution >= 0.6 is 0 Å². The topological polar surface area (TPSA) is 82.6 Å². The van der Waals surface area contributed by atoms with E-state index in [1.54, 1.807) is 12.1 Å². The lowest BCUT2D eigenvalue weighted by Crippen LogP contribution is -2.40. The molecule has 104 valence electrons. The smallest absolute Gasteiger partial charge is 0.122 e. The monoisotopic (exact) mass is 263 g/mol. The van der Waals surface area contributed by atoms with Gasteiger partial charge in [-0.1, -0.05) is 0 Å². The van der Waals surface area contributed by atoms with Crippen molar-refractivity contribution >= 4 is 5.84 Å². The quantitative estimate of drug-likeness (QED) is 0.542. The molecule has 1 unspecified atom stereocenters. The second-order valence-electron chi connectivity index (χ2n) is 4.88. The Hall–Kier alpha value is -1.59. The normalized spacial score (nSPS) is 20.2. The summed E-state index contributed by atoms with van der Waals surface area (Å²) in [6.45, 7) is 3.20.